The second-order valence-corrected chi connectivity index (χ2v) is 10.9. The summed E-state index contributed by atoms with van der Waals surface area (Å²) in [6.07, 6.45) is 2.55. The van der Waals surface area contributed by atoms with Crippen molar-refractivity contribution in [3.63, 3.8) is 0 Å². The predicted octanol–water partition coefficient (Wildman–Crippen LogP) is 4.35. The first-order chi connectivity index (χ1) is 9.37. The summed E-state index contributed by atoms with van der Waals surface area (Å²) < 4.78 is 6.19. The molecule has 0 atom stereocenters. The van der Waals surface area contributed by atoms with Crippen molar-refractivity contribution in [2.45, 2.75) is 46.3 Å². The summed E-state index contributed by atoms with van der Waals surface area (Å²) in [5.41, 5.74) is 2.18. The van der Waals surface area contributed by atoms with Crippen molar-refractivity contribution in [2.24, 2.45) is 4.99 Å². The molecule has 2 rings (SSSR count). The third-order valence-corrected chi connectivity index (χ3v) is 4.29. The van der Waals surface area contributed by atoms with Crippen molar-refractivity contribution in [2.75, 3.05) is 13.1 Å². The highest BCUT2D eigenvalue weighted by atomic mass is 28.4. The van der Waals surface area contributed by atoms with E-state index in [0.29, 0.717) is 0 Å². The molecular formula is C16H26N2OSi. The van der Waals surface area contributed by atoms with Gasteiger partial charge in [-0.1, -0.05) is 12.1 Å². The van der Waals surface area contributed by atoms with Gasteiger partial charge in [-0.15, -0.1) is 0 Å². The molecule has 0 aromatic heterocycles. The largest absolute Gasteiger partial charge is 0.543 e. The molecule has 1 aromatic rings. The van der Waals surface area contributed by atoms with E-state index in [-0.39, 0.29) is 0 Å². The van der Waals surface area contributed by atoms with Gasteiger partial charge < -0.3 is 9.33 Å². The lowest BCUT2D eigenvalue weighted by Gasteiger charge is -2.22. The average Bonchev–Trinajstić information content (AvgIpc) is 2.85. The summed E-state index contributed by atoms with van der Waals surface area (Å²) in [6.45, 7) is 13.1. The van der Waals surface area contributed by atoms with Crippen molar-refractivity contribution in [1.82, 2.24) is 4.90 Å². The number of aryl methyl sites for hydroxylation is 1. The molecule has 1 heterocycles. The fraction of sp³-hybridized carbons (Fsp3) is 0.562. The number of aliphatic imine (C=N–C) groups is 1. The van der Waals surface area contributed by atoms with Gasteiger partial charge >= 0.3 is 0 Å². The Labute approximate surface area is 123 Å². The highest BCUT2D eigenvalue weighted by molar-refractivity contribution is 6.70. The normalized spacial score (nSPS) is 16.6. The molecule has 0 unspecified atom stereocenters. The number of hydrogen-bond donors (Lipinski definition) is 0. The zero-order valence-electron chi connectivity index (χ0n) is 13.4. The number of nitrogens with zero attached hydrogens (tertiary/aromatic N) is 2. The number of benzene rings is 1. The van der Waals surface area contributed by atoms with E-state index in [1.807, 2.05) is 6.07 Å². The van der Waals surface area contributed by atoms with Crippen molar-refractivity contribution >= 4 is 19.8 Å². The molecule has 110 valence electrons. The molecule has 1 saturated heterocycles. The molecule has 1 aromatic carbocycles. The van der Waals surface area contributed by atoms with Crippen LogP contribution in [0.3, 0.4) is 0 Å². The van der Waals surface area contributed by atoms with Gasteiger partial charge in [0.1, 0.15) is 17.3 Å². The van der Waals surface area contributed by atoms with Gasteiger partial charge in [0.25, 0.3) is 0 Å². The highest BCUT2D eigenvalue weighted by Crippen LogP contribution is 2.33. The van der Waals surface area contributed by atoms with Crippen LogP contribution in [-0.2, 0) is 0 Å². The molecule has 4 heteroatoms. The van der Waals surface area contributed by atoms with E-state index in [4.69, 9.17) is 9.42 Å². The summed E-state index contributed by atoms with van der Waals surface area (Å²) in [6, 6.07) is 6.20. The predicted molar refractivity (Wildman–Crippen MR) is 88.7 cm³/mol. The lowest BCUT2D eigenvalue weighted by atomic mass is 10.2. The zero-order chi connectivity index (χ0) is 14.8. The van der Waals surface area contributed by atoms with Crippen molar-refractivity contribution in [3.05, 3.63) is 23.8 Å². The van der Waals surface area contributed by atoms with Crippen LogP contribution >= 0.6 is 0 Å². The summed E-state index contributed by atoms with van der Waals surface area (Å²) >= 11 is 0. The Balaban J connectivity index is 2.32. The van der Waals surface area contributed by atoms with Gasteiger partial charge in [-0.3, -0.25) is 0 Å². The van der Waals surface area contributed by atoms with E-state index >= 15 is 0 Å². The molecule has 1 fully saturated rings. The zero-order valence-corrected chi connectivity index (χ0v) is 14.4. The minimum atomic E-state index is -1.62. The van der Waals surface area contributed by atoms with Crippen LogP contribution in [0.5, 0.6) is 5.75 Å². The average molecular weight is 290 g/mol. The summed E-state index contributed by atoms with van der Waals surface area (Å²) in [4.78, 5) is 7.23. The van der Waals surface area contributed by atoms with Gasteiger partial charge in [0.05, 0.1) is 0 Å². The number of para-hydroxylation sites is 1. The summed E-state index contributed by atoms with van der Waals surface area (Å²) in [5, 5.41) is 0. The summed E-state index contributed by atoms with van der Waals surface area (Å²) in [5.74, 6) is 2.04. The Morgan fingerprint density at radius 2 is 1.85 bits per heavy atom. The van der Waals surface area contributed by atoms with Crippen LogP contribution in [0.1, 0.15) is 25.3 Å². The van der Waals surface area contributed by atoms with E-state index in [2.05, 4.69) is 50.5 Å². The number of hydrogen-bond acceptors (Lipinski definition) is 2. The lowest BCUT2D eigenvalue weighted by molar-refractivity contribution is 0.515. The summed E-state index contributed by atoms with van der Waals surface area (Å²) in [7, 11) is -1.62. The first-order valence-corrected chi connectivity index (χ1v) is 10.9. The van der Waals surface area contributed by atoms with Gasteiger partial charge in [0.2, 0.25) is 8.32 Å². The van der Waals surface area contributed by atoms with E-state index in [1.54, 1.807) is 0 Å². The number of amidine groups is 1. The van der Waals surface area contributed by atoms with Crippen molar-refractivity contribution < 1.29 is 4.43 Å². The molecule has 1 aliphatic heterocycles. The van der Waals surface area contributed by atoms with E-state index in [0.717, 1.165) is 30.4 Å². The maximum atomic E-state index is 6.19. The van der Waals surface area contributed by atoms with Crippen LogP contribution in [0.15, 0.2) is 23.2 Å². The minimum Gasteiger partial charge on any atom is -0.543 e. The molecule has 0 amide bonds. The van der Waals surface area contributed by atoms with E-state index in [1.165, 1.54) is 18.4 Å². The fourth-order valence-corrected chi connectivity index (χ4v) is 3.29. The lowest BCUT2D eigenvalue weighted by Crippen LogP contribution is -2.29. The van der Waals surface area contributed by atoms with Crippen molar-refractivity contribution in [3.8, 4) is 5.75 Å². The standard InChI is InChI=1S/C16H26N2OSi/c1-13-9-8-10-15(19-20(3,4)5)16(13)17-14(2)18-11-6-7-12-18/h8-10H,6-7,11-12H2,1-5H3. The third kappa shape index (κ3) is 3.85. The smallest absolute Gasteiger partial charge is 0.242 e. The van der Waals surface area contributed by atoms with Gasteiger partial charge in [-0.05, 0) is 58.0 Å². The Kier molecular flexibility index (Phi) is 4.53. The minimum absolute atomic E-state index is 0.933. The van der Waals surface area contributed by atoms with Crippen LogP contribution in [0, 0.1) is 6.92 Å². The molecule has 0 saturated carbocycles. The second kappa shape index (κ2) is 6.00. The number of likely N-dealkylation sites (tertiary alicyclic amines) is 1. The van der Waals surface area contributed by atoms with Crippen LogP contribution < -0.4 is 4.43 Å². The Bertz CT molecular complexity index is 500. The Morgan fingerprint density at radius 3 is 2.45 bits per heavy atom. The molecule has 1 aliphatic rings. The van der Waals surface area contributed by atoms with Crippen LogP contribution in [0.25, 0.3) is 0 Å². The quantitative estimate of drug-likeness (QED) is 0.469. The molecule has 3 nitrogen and oxygen atoms in total. The number of rotatable bonds is 3. The monoisotopic (exact) mass is 290 g/mol. The van der Waals surface area contributed by atoms with E-state index in [9.17, 15) is 0 Å². The maximum Gasteiger partial charge on any atom is 0.242 e. The van der Waals surface area contributed by atoms with E-state index < -0.39 is 8.32 Å². The molecule has 0 radical (unpaired) electrons. The molecule has 20 heavy (non-hydrogen) atoms. The molecule has 0 bridgehead atoms. The third-order valence-electron chi connectivity index (χ3n) is 3.45. The van der Waals surface area contributed by atoms with Crippen LogP contribution in [0.4, 0.5) is 5.69 Å². The fourth-order valence-electron chi connectivity index (χ4n) is 2.46. The van der Waals surface area contributed by atoms with Crippen LogP contribution in [0.2, 0.25) is 19.6 Å². The first-order valence-electron chi connectivity index (χ1n) is 7.46. The van der Waals surface area contributed by atoms with Gasteiger partial charge in [0, 0.05) is 13.1 Å². The van der Waals surface area contributed by atoms with Gasteiger partial charge in [-0.25, -0.2) is 4.99 Å². The Hall–Kier alpha value is -1.29. The Morgan fingerprint density at radius 1 is 1.20 bits per heavy atom. The highest BCUT2D eigenvalue weighted by Gasteiger charge is 2.20. The molecule has 0 N–H and O–H groups in total. The first kappa shape index (κ1) is 15.1. The second-order valence-electron chi connectivity index (χ2n) is 6.49. The molecule has 0 aliphatic carbocycles. The maximum absolute atomic E-state index is 6.19. The van der Waals surface area contributed by atoms with Crippen molar-refractivity contribution in [1.29, 1.82) is 0 Å². The van der Waals surface area contributed by atoms with Crippen LogP contribution in [-0.4, -0.2) is 32.1 Å². The molecule has 0 spiro atoms. The van der Waals surface area contributed by atoms with Gasteiger partial charge in [0.15, 0.2) is 0 Å². The molecular weight excluding hydrogens is 264 g/mol. The SMILES string of the molecule is CC(=Nc1c(C)cccc1O[Si](C)(C)C)N1CCCC1. The topological polar surface area (TPSA) is 24.8 Å². The van der Waals surface area contributed by atoms with Gasteiger partial charge in [-0.2, -0.15) is 0 Å².